The van der Waals surface area contributed by atoms with Gasteiger partial charge in [-0.1, -0.05) is 6.92 Å². The van der Waals surface area contributed by atoms with Crippen LogP contribution in [0.4, 0.5) is 0 Å². The van der Waals surface area contributed by atoms with Gasteiger partial charge in [0.2, 0.25) is 0 Å². The highest BCUT2D eigenvalue weighted by molar-refractivity contribution is 4.67. The molecule has 3 nitrogen and oxygen atoms in total. The highest BCUT2D eigenvalue weighted by atomic mass is 15.2. The van der Waals surface area contributed by atoms with Crippen LogP contribution in [-0.4, -0.2) is 62.7 Å². The van der Waals surface area contributed by atoms with Crippen LogP contribution in [0.25, 0.3) is 0 Å². The van der Waals surface area contributed by atoms with Crippen molar-refractivity contribution in [2.45, 2.75) is 39.0 Å². The molecule has 1 rings (SSSR count). The summed E-state index contributed by atoms with van der Waals surface area (Å²) >= 11 is 0. The van der Waals surface area contributed by atoms with Gasteiger partial charge in [-0.05, 0) is 71.9 Å². The topological polar surface area (TPSA) is 18.5 Å². The molecule has 17 heavy (non-hydrogen) atoms. The van der Waals surface area contributed by atoms with E-state index < -0.39 is 0 Å². The van der Waals surface area contributed by atoms with E-state index in [1.54, 1.807) is 0 Å². The van der Waals surface area contributed by atoms with Crippen LogP contribution in [-0.2, 0) is 0 Å². The standard InChI is InChI=1S/C14H31N3/c1-3-8-15-9-4-5-10-16(2)13-14-17-11-6-7-12-17/h15H,3-14H2,1-2H3. The molecule has 0 aromatic rings. The number of nitrogens with zero attached hydrogens (tertiary/aromatic N) is 2. The summed E-state index contributed by atoms with van der Waals surface area (Å²) in [5, 5.41) is 3.46. The molecule has 1 saturated heterocycles. The van der Waals surface area contributed by atoms with Crippen LogP contribution in [0.3, 0.4) is 0 Å². The number of hydrogen-bond donors (Lipinski definition) is 1. The predicted octanol–water partition coefficient (Wildman–Crippen LogP) is 1.79. The van der Waals surface area contributed by atoms with Gasteiger partial charge in [-0.15, -0.1) is 0 Å². The Kier molecular flexibility index (Phi) is 8.67. The summed E-state index contributed by atoms with van der Waals surface area (Å²) in [6, 6.07) is 0. The molecule has 0 aliphatic carbocycles. The average Bonchev–Trinajstić information content (AvgIpc) is 2.84. The number of hydrogen-bond acceptors (Lipinski definition) is 3. The first-order valence-corrected chi connectivity index (χ1v) is 7.44. The van der Waals surface area contributed by atoms with Gasteiger partial charge in [0, 0.05) is 13.1 Å². The SMILES string of the molecule is CCCNCCCCN(C)CCN1CCCC1. The second kappa shape index (κ2) is 9.86. The maximum Gasteiger partial charge on any atom is 0.0109 e. The number of likely N-dealkylation sites (tertiary alicyclic amines) is 1. The first-order chi connectivity index (χ1) is 8.33. The summed E-state index contributed by atoms with van der Waals surface area (Å²) in [5.74, 6) is 0. The third-order valence-corrected chi connectivity index (χ3v) is 3.57. The lowest BCUT2D eigenvalue weighted by molar-refractivity contribution is 0.254. The van der Waals surface area contributed by atoms with Crippen LogP contribution in [0, 0.1) is 0 Å². The summed E-state index contributed by atoms with van der Waals surface area (Å²) in [6.45, 7) is 11.0. The maximum atomic E-state index is 3.46. The van der Waals surface area contributed by atoms with Crippen molar-refractivity contribution >= 4 is 0 Å². The highest BCUT2D eigenvalue weighted by Gasteiger charge is 2.11. The lowest BCUT2D eigenvalue weighted by Gasteiger charge is -2.21. The molecule has 1 aliphatic rings. The number of rotatable bonds is 10. The van der Waals surface area contributed by atoms with Crippen LogP contribution in [0.2, 0.25) is 0 Å². The van der Waals surface area contributed by atoms with Gasteiger partial charge < -0.3 is 15.1 Å². The van der Waals surface area contributed by atoms with E-state index in [2.05, 4.69) is 29.1 Å². The lowest BCUT2D eigenvalue weighted by Crippen LogP contribution is -2.32. The Morgan fingerprint density at radius 3 is 2.53 bits per heavy atom. The zero-order valence-electron chi connectivity index (χ0n) is 11.9. The first-order valence-electron chi connectivity index (χ1n) is 7.44. The van der Waals surface area contributed by atoms with Crippen LogP contribution >= 0.6 is 0 Å². The normalized spacial score (nSPS) is 17.1. The molecule has 0 radical (unpaired) electrons. The molecule has 1 N–H and O–H groups in total. The average molecular weight is 241 g/mol. The van der Waals surface area contributed by atoms with Gasteiger partial charge in [-0.3, -0.25) is 0 Å². The maximum absolute atomic E-state index is 3.46. The molecule has 1 heterocycles. The Labute approximate surface area is 108 Å². The molecule has 1 aliphatic heterocycles. The molecule has 0 atom stereocenters. The molecule has 3 heteroatoms. The first kappa shape index (κ1) is 14.9. The molecule has 0 aromatic carbocycles. The molecule has 102 valence electrons. The Morgan fingerprint density at radius 1 is 1.06 bits per heavy atom. The van der Waals surface area contributed by atoms with Crippen molar-refractivity contribution in [3.8, 4) is 0 Å². The number of likely N-dealkylation sites (N-methyl/N-ethyl adjacent to an activating group) is 1. The minimum absolute atomic E-state index is 1.17. The van der Waals surface area contributed by atoms with Gasteiger partial charge in [0.15, 0.2) is 0 Å². The summed E-state index contributed by atoms with van der Waals surface area (Å²) in [6.07, 6.45) is 6.70. The fraction of sp³-hybridized carbons (Fsp3) is 1.00. The molecule has 0 aromatic heterocycles. The van der Waals surface area contributed by atoms with Crippen molar-refractivity contribution in [3.05, 3.63) is 0 Å². The zero-order valence-corrected chi connectivity index (χ0v) is 11.9. The Bertz CT molecular complexity index is 167. The van der Waals surface area contributed by atoms with Crippen molar-refractivity contribution < 1.29 is 0 Å². The highest BCUT2D eigenvalue weighted by Crippen LogP contribution is 2.06. The van der Waals surface area contributed by atoms with Crippen molar-refractivity contribution in [1.29, 1.82) is 0 Å². The Morgan fingerprint density at radius 2 is 1.82 bits per heavy atom. The van der Waals surface area contributed by atoms with E-state index in [1.165, 1.54) is 77.9 Å². The molecule has 1 fully saturated rings. The van der Waals surface area contributed by atoms with Gasteiger partial charge in [0.1, 0.15) is 0 Å². The van der Waals surface area contributed by atoms with Crippen LogP contribution in [0.1, 0.15) is 39.0 Å². The van der Waals surface area contributed by atoms with Crippen molar-refractivity contribution in [3.63, 3.8) is 0 Å². The van der Waals surface area contributed by atoms with Gasteiger partial charge in [-0.2, -0.15) is 0 Å². The molecule has 0 bridgehead atoms. The summed E-state index contributed by atoms with van der Waals surface area (Å²) in [5.41, 5.74) is 0. The van der Waals surface area contributed by atoms with Crippen LogP contribution < -0.4 is 5.32 Å². The Hall–Kier alpha value is -0.120. The smallest absolute Gasteiger partial charge is 0.0109 e. The number of nitrogens with one attached hydrogen (secondary N) is 1. The third kappa shape index (κ3) is 7.74. The van der Waals surface area contributed by atoms with Crippen LogP contribution in [0.5, 0.6) is 0 Å². The predicted molar refractivity (Wildman–Crippen MR) is 75.6 cm³/mol. The van der Waals surface area contributed by atoms with Crippen molar-refractivity contribution in [2.75, 3.05) is 52.9 Å². The molecular formula is C14H31N3. The summed E-state index contributed by atoms with van der Waals surface area (Å²) in [7, 11) is 2.26. The molecular weight excluding hydrogens is 210 g/mol. The monoisotopic (exact) mass is 241 g/mol. The van der Waals surface area contributed by atoms with Gasteiger partial charge in [0.25, 0.3) is 0 Å². The largest absolute Gasteiger partial charge is 0.317 e. The van der Waals surface area contributed by atoms with E-state index in [1.807, 2.05) is 0 Å². The minimum Gasteiger partial charge on any atom is -0.317 e. The van der Waals surface area contributed by atoms with E-state index in [0.717, 1.165) is 0 Å². The van der Waals surface area contributed by atoms with E-state index >= 15 is 0 Å². The molecule has 0 spiro atoms. The van der Waals surface area contributed by atoms with Crippen molar-refractivity contribution in [2.24, 2.45) is 0 Å². The summed E-state index contributed by atoms with van der Waals surface area (Å²) < 4.78 is 0. The second-order valence-corrected chi connectivity index (χ2v) is 5.31. The van der Waals surface area contributed by atoms with Crippen molar-refractivity contribution in [1.82, 2.24) is 15.1 Å². The fourth-order valence-corrected chi connectivity index (χ4v) is 2.36. The van der Waals surface area contributed by atoms with Gasteiger partial charge >= 0.3 is 0 Å². The Balaban J connectivity index is 1.85. The van der Waals surface area contributed by atoms with E-state index in [-0.39, 0.29) is 0 Å². The molecule has 0 saturated carbocycles. The molecule has 0 amide bonds. The summed E-state index contributed by atoms with van der Waals surface area (Å²) in [4.78, 5) is 5.08. The van der Waals surface area contributed by atoms with Gasteiger partial charge in [-0.25, -0.2) is 0 Å². The molecule has 0 unspecified atom stereocenters. The quantitative estimate of drug-likeness (QED) is 0.588. The number of unbranched alkanes of at least 4 members (excludes halogenated alkanes) is 1. The van der Waals surface area contributed by atoms with Crippen LogP contribution in [0.15, 0.2) is 0 Å². The zero-order chi connectivity index (χ0) is 12.3. The third-order valence-electron chi connectivity index (χ3n) is 3.57. The van der Waals surface area contributed by atoms with E-state index in [9.17, 15) is 0 Å². The van der Waals surface area contributed by atoms with Gasteiger partial charge in [0.05, 0.1) is 0 Å². The second-order valence-electron chi connectivity index (χ2n) is 5.31. The fourth-order valence-electron chi connectivity index (χ4n) is 2.36. The lowest BCUT2D eigenvalue weighted by atomic mass is 10.3. The van der Waals surface area contributed by atoms with E-state index in [0.29, 0.717) is 0 Å². The van der Waals surface area contributed by atoms with E-state index in [4.69, 9.17) is 0 Å². The minimum atomic E-state index is 1.17.